The number of benzene rings is 3. The number of rotatable bonds is 3. The molecule has 0 aliphatic heterocycles. The van der Waals surface area contributed by atoms with E-state index in [-0.39, 0.29) is 0 Å². The van der Waals surface area contributed by atoms with Gasteiger partial charge in [-0.25, -0.2) is 0 Å². The SMILES string of the molecule is C1=CC(Nc2ccc(-c3cccc4c3oc3ccccc34)cc2)=CCC1. The smallest absolute Gasteiger partial charge is 0.143 e. The molecular weight excluding hydrogens is 318 g/mol. The van der Waals surface area contributed by atoms with Gasteiger partial charge in [0.2, 0.25) is 0 Å². The third kappa shape index (κ3) is 2.60. The van der Waals surface area contributed by atoms with Crippen LogP contribution in [0.4, 0.5) is 5.69 Å². The fraction of sp³-hybridized carbons (Fsp3) is 0.0833. The Morgan fingerprint density at radius 1 is 0.769 bits per heavy atom. The van der Waals surface area contributed by atoms with E-state index in [1.165, 1.54) is 11.1 Å². The van der Waals surface area contributed by atoms with E-state index in [4.69, 9.17) is 4.42 Å². The van der Waals surface area contributed by atoms with Crippen LogP contribution in [0.25, 0.3) is 33.1 Å². The summed E-state index contributed by atoms with van der Waals surface area (Å²) in [7, 11) is 0. The minimum Gasteiger partial charge on any atom is -0.455 e. The predicted octanol–water partition coefficient (Wildman–Crippen LogP) is 6.90. The number of para-hydroxylation sites is 2. The van der Waals surface area contributed by atoms with Gasteiger partial charge in [0.1, 0.15) is 11.2 Å². The van der Waals surface area contributed by atoms with Gasteiger partial charge in [-0.2, -0.15) is 0 Å². The van der Waals surface area contributed by atoms with E-state index in [1.54, 1.807) is 0 Å². The van der Waals surface area contributed by atoms with Crippen LogP contribution in [-0.2, 0) is 0 Å². The highest BCUT2D eigenvalue weighted by Crippen LogP contribution is 2.35. The summed E-state index contributed by atoms with van der Waals surface area (Å²) >= 11 is 0. The molecular formula is C24H19NO. The molecule has 2 heteroatoms. The molecule has 1 aliphatic carbocycles. The lowest BCUT2D eigenvalue weighted by atomic mass is 10.0. The summed E-state index contributed by atoms with van der Waals surface area (Å²) in [6.07, 6.45) is 8.82. The topological polar surface area (TPSA) is 25.2 Å². The van der Waals surface area contributed by atoms with Crippen LogP contribution in [0.5, 0.6) is 0 Å². The van der Waals surface area contributed by atoms with Crippen molar-refractivity contribution in [3.8, 4) is 11.1 Å². The summed E-state index contributed by atoms with van der Waals surface area (Å²) in [4.78, 5) is 0. The van der Waals surface area contributed by atoms with E-state index in [2.05, 4.69) is 78.1 Å². The first kappa shape index (κ1) is 15.0. The third-order valence-electron chi connectivity index (χ3n) is 4.88. The van der Waals surface area contributed by atoms with Crippen LogP contribution < -0.4 is 5.32 Å². The van der Waals surface area contributed by atoms with Gasteiger partial charge >= 0.3 is 0 Å². The van der Waals surface area contributed by atoms with E-state index < -0.39 is 0 Å². The van der Waals surface area contributed by atoms with Crippen LogP contribution in [-0.4, -0.2) is 0 Å². The standard InChI is InChI=1S/C24H19NO/c1-2-7-18(8-3-1)25-19-15-13-17(14-16-19)20-10-6-11-22-21-9-4-5-12-23(21)26-24(20)22/h2,4-16,25H,1,3H2. The molecule has 0 radical (unpaired) electrons. The van der Waals surface area contributed by atoms with Crippen molar-refractivity contribution >= 4 is 27.6 Å². The first-order valence-electron chi connectivity index (χ1n) is 9.03. The van der Waals surface area contributed by atoms with Crippen LogP contribution in [0.1, 0.15) is 12.8 Å². The molecule has 4 aromatic rings. The number of hydrogen-bond donors (Lipinski definition) is 1. The lowest BCUT2D eigenvalue weighted by molar-refractivity contribution is 0.670. The van der Waals surface area contributed by atoms with Gasteiger partial charge in [-0.15, -0.1) is 0 Å². The molecule has 0 atom stereocenters. The summed E-state index contributed by atoms with van der Waals surface area (Å²) in [5.74, 6) is 0. The number of nitrogens with one attached hydrogen (secondary N) is 1. The Kier molecular flexibility index (Phi) is 3.60. The van der Waals surface area contributed by atoms with Crippen molar-refractivity contribution in [2.45, 2.75) is 12.8 Å². The van der Waals surface area contributed by atoms with Gasteiger partial charge in [-0.3, -0.25) is 0 Å². The van der Waals surface area contributed by atoms with Crippen molar-refractivity contribution in [1.29, 1.82) is 0 Å². The molecule has 0 fully saturated rings. The predicted molar refractivity (Wildman–Crippen MR) is 109 cm³/mol. The second-order valence-corrected chi connectivity index (χ2v) is 6.62. The quantitative estimate of drug-likeness (QED) is 0.440. The molecule has 0 saturated heterocycles. The molecule has 1 heterocycles. The third-order valence-corrected chi connectivity index (χ3v) is 4.88. The molecule has 0 amide bonds. The minimum absolute atomic E-state index is 0.934. The van der Waals surface area contributed by atoms with Crippen molar-refractivity contribution in [2.75, 3.05) is 5.32 Å². The van der Waals surface area contributed by atoms with Crippen molar-refractivity contribution in [3.63, 3.8) is 0 Å². The van der Waals surface area contributed by atoms with Crippen molar-refractivity contribution in [2.24, 2.45) is 0 Å². The lowest BCUT2D eigenvalue weighted by Gasteiger charge is -2.11. The molecule has 1 aromatic heterocycles. The van der Waals surface area contributed by atoms with Crippen LogP contribution in [0.3, 0.4) is 0 Å². The van der Waals surface area contributed by atoms with E-state index in [9.17, 15) is 0 Å². The van der Waals surface area contributed by atoms with Gasteiger partial charge in [0, 0.05) is 27.7 Å². The van der Waals surface area contributed by atoms with Crippen LogP contribution >= 0.6 is 0 Å². The summed E-state index contributed by atoms with van der Waals surface area (Å²) in [5.41, 5.74) is 6.44. The zero-order chi connectivity index (χ0) is 17.3. The van der Waals surface area contributed by atoms with Gasteiger partial charge in [-0.05, 0) is 42.7 Å². The first-order valence-corrected chi connectivity index (χ1v) is 9.03. The Bertz CT molecular complexity index is 1150. The molecule has 2 nitrogen and oxygen atoms in total. The van der Waals surface area contributed by atoms with Crippen LogP contribution in [0.2, 0.25) is 0 Å². The fourth-order valence-corrected chi connectivity index (χ4v) is 3.58. The van der Waals surface area contributed by atoms with Crippen molar-refractivity contribution < 1.29 is 4.42 Å². The average molecular weight is 337 g/mol. The molecule has 0 spiro atoms. The summed E-state index contributed by atoms with van der Waals surface area (Å²) < 4.78 is 6.16. The first-order chi connectivity index (χ1) is 12.9. The lowest BCUT2D eigenvalue weighted by Crippen LogP contribution is -1.98. The summed E-state index contributed by atoms with van der Waals surface area (Å²) in [5, 5.41) is 5.80. The van der Waals surface area contributed by atoms with Gasteiger partial charge in [0.05, 0.1) is 0 Å². The number of furan rings is 1. The van der Waals surface area contributed by atoms with Gasteiger partial charge in [0.25, 0.3) is 0 Å². The molecule has 0 unspecified atom stereocenters. The van der Waals surface area contributed by atoms with Crippen molar-refractivity contribution in [3.05, 3.63) is 90.7 Å². The average Bonchev–Trinajstić information content (AvgIpc) is 3.08. The Morgan fingerprint density at radius 2 is 1.62 bits per heavy atom. The maximum atomic E-state index is 6.16. The molecule has 3 aromatic carbocycles. The number of fused-ring (bicyclic) bond motifs is 3. The Hall–Kier alpha value is -3.26. The Labute approximate surface area is 152 Å². The molecule has 5 rings (SSSR count). The fourth-order valence-electron chi connectivity index (χ4n) is 3.58. The Morgan fingerprint density at radius 3 is 2.46 bits per heavy atom. The highest BCUT2D eigenvalue weighted by Gasteiger charge is 2.11. The largest absolute Gasteiger partial charge is 0.455 e. The summed E-state index contributed by atoms with van der Waals surface area (Å²) in [6, 6.07) is 23.1. The zero-order valence-corrected chi connectivity index (χ0v) is 14.4. The normalized spacial score (nSPS) is 13.9. The van der Waals surface area contributed by atoms with Crippen molar-refractivity contribution in [1.82, 2.24) is 0 Å². The number of anilines is 1. The highest BCUT2D eigenvalue weighted by atomic mass is 16.3. The van der Waals surface area contributed by atoms with E-state index in [0.29, 0.717) is 0 Å². The molecule has 0 bridgehead atoms. The maximum Gasteiger partial charge on any atom is 0.143 e. The van der Waals surface area contributed by atoms with Gasteiger partial charge < -0.3 is 9.73 Å². The molecule has 1 N–H and O–H groups in total. The highest BCUT2D eigenvalue weighted by molar-refractivity contribution is 6.09. The zero-order valence-electron chi connectivity index (χ0n) is 14.4. The second-order valence-electron chi connectivity index (χ2n) is 6.62. The van der Waals surface area contributed by atoms with Crippen LogP contribution in [0, 0.1) is 0 Å². The second kappa shape index (κ2) is 6.23. The molecule has 1 aliphatic rings. The van der Waals surface area contributed by atoms with Crippen LogP contribution in [0.15, 0.2) is 95.1 Å². The summed E-state index contributed by atoms with van der Waals surface area (Å²) in [6.45, 7) is 0. The van der Waals surface area contributed by atoms with Gasteiger partial charge in [0.15, 0.2) is 0 Å². The van der Waals surface area contributed by atoms with Gasteiger partial charge in [-0.1, -0.05) is 60.7 Å². The molecule has 26 heavy (non-hydrogen) atoms. The Balaban J connectivity index is 1.53. The number of allylic oxidation sites excluding steroid dienone is 3. The monoisotopic (exact) mass is 337 g/mol. The minimum atomic E-state index is 0.934. The number of hydrogen-bond acceptors (Lipinski definition) is 2. The van der Waals surface area contributed by atoms with E-state index in [0.717, 1.165) is 46.2 Å². The maximum absolute atomic E-state index is 6.16. The molecule has 0 saturated carbocycles. The van der Waals surface area contributed by atoms with E-state index in [1.807, 2.05) is 12.1 Å². The molecule has 126 valence electrons. The van der Waals surface area contributed by atoms with E-state index >= 15 is 0 Å².